The zero-order valence-corrected chi connectivity index (χ0v) is 16.4. The van der Waals surface area contributed by atoms with E-state index in [4.69, 9.17) is 18.9 Å². The Hall–Kier alpha value is -3.61. The summed E-state index contributed by atoms with van der Waals surface area (Å²) in [5.74, 6) is 0.857. The van der Waals surface area contributed by atoms with E-state index in [1.54, 1.807) is 48.5 Å². The Morgan fingerprint density at radius 2 is 1.72 bits per heavy atom. The molecule has 1 heterocycles. The van der Waals surface area contributed by atoms with Gasteiger partial charge in [-0.3, -0.25) is 4.79 Å². The molecule has 7 heteroatoms. The van der Waals surface area contributed by atoms with Gasteiger partial charge in [0.2, 0.25) is 5.90 Å². The summed E-state index contributed by atoms with van der Waals surface area (Å²) < 4.78 is 21.5. The molecule has 0 fully saturated rings. The van der Waals surface area contributed by atoms with E-state index in [-0.39, 0.29) is 11.6 Å². The van der Waals surface area contributed by atoms with Crippen LogP contribution in [0.4, 0.5) is 0 Å². The molecule has 0 unspecified atom stereocenters. The molecule has 0 amide bonds. The summed E-state index contributed by atoms with van der Waals surface area (Å²) in [6, 6.07) is 12.0. The van der Waals surface area contributed by atoms with Crippen LogP contribution in [-0.4, -0.2) is 31.1 Å². The van der Waals surface area contributed by atoms with Crippen molar-refractivity contribution < 1.29 is 28.5 Å². The van der Waals surface area contributed by atoms with Gasteiger partial charge in [0.05, 0.1) is 13.2 Å². The molecule has 0 bridgehead atoms. The highest BCUT2D eigenvalue weighted by molar-refractivity contribution is 6.13. The number of rotatable bonds is 7. The fraction of sp³-hybridized carbons (Fsp3) is 0.227. The summed E-state index contributed by atoms with van der Waals surface area (Å²) in [6.45, 7) is 6.09. The van der Waals surface area contributed by atoms with Crippen LogP contribution in [0.1, 0.15) is 31.9 Å². The molecule has 3 rings (SSSR count). The smallest absolute Gasteiger partial charge is 0.363 e. The minimum absolute atomic E-state index is 0.173. The first-order valence-corrected chi connectivity index (χ1v) is 9.21. The van der Waals surface area contributed by atoms with Crippen LogP contribution in [0.3, 0.4) is 0 Å². The van der Waals surface area contributed by atoms with Crippen molar-refractivity contribution in [1.82, 2.24) is 0 Å². The van der Waals surface area contributed by atoms with Crippen molar-refractivity contribution in [1.29, 1.82) is 0 Å². The number of hydrogen-bond donors (Lipinski definition) is 0. The topological polar surface area (TPSA) is 83.4 Å². The average molecular weight is 395 g/mol. The largest absolute Gasteiger partial charge is 0.490 e. The number of benzene rings is 2. The van der Waals surface area contributed by atoms with Crippen molar-refractivity contribution in [2.24, 2.45) is 4.99 Å². The van der Waals surface area contributed by atoms with Crippen molar-refractivity contribution in [3.05, 3.63) is 59.3 Å². The number of hydrogen-bond acceptors (Lipinski definition) is 7. The normalized spacial score (nSPS) is 14.4. The van der Waals surface area contributed by atoms with Gasteiger partial charge in [0, 0.05) is 12.5 Å². The summed E-state index contributed by atoms with van der Waals surface area (Å²) in [4.78, 5) is 27.5. The van der Waals surface area contributed by atoms with Crippen molar-refractivity contribution in [3.8, 4) is 17.2 Å². The van der Waals surface area contributed by atoms with Gasteiger partial charge in [0.1, 0.15) is 5.75 Å². The highest BCUT2D eigenvalue weighted by Crippen LogP contribution is 2.30. The van der Waals surface area contributed by atoms with Gasteiger partial charge in [-0.25, -0.2) is 9.79 Å². The van der Waals surface area contributed by atoms with Gasteiger partial charge in [0.25, 0.3) is 0 Å². The molecular formula is C22H21NO6. The molecule has 0 radical (unpaired) electrons. The van der Waals surface area contributed by atoms with Crippen LogP contribution < -0.4 is 14.2 Å². The number of esters is 2. The molecule has 0 saturated heterocycles. The van der Waals surface area contributed by atoms with Crippen molar-refractivity contribution in [2.75, 3.05) is 13.2 Å². The maximum atomic E-state index is 12.2. The van der Waals surface area contributed by atoms with Crippen molar-refractivity contribution >= 4 is 23.9 Å². The van der Waals surface area contributed by atoms with Gasteiger partial charge in [-0.2, -0.15) is 0 Å². The van der Waals surface area contributed by atoms with Gasteiger partial charge >= 0.3 is 11.9 Å². The molecule has 0 N–H and O–H groups in total. The maximum absolute atomic E-state index is 12.2. The molecule has 0 saturated carbocycles. The lowest BCUT2D eigenvalue weighted by molar-refractivity contribution is -0.132. The average Bonchev–Trinajstić information content (AvgIpc) is 3.05. The fourth-order valence-corrected chi connectivity index (χ4v) is 2.67. The number of ether oxygens (including phenoxy) is 4. The zero-order valence-electron chi connectivity index (χ0n) is 16.4. The van der Waals surface area contributed by atoms with Crippen LogP contribution >= 0.6 is 0 Å². The second kappa shape index (κ2) is 9.05. The van der Waals surface area contributed by atoms with Gasteiger partial charge < -0.3 is 18.9 Å². The quantitative estimate of drug-likeness (QED) is 0.403. The van der Waals surface area contributed by atoms with Crippen LogP contribution in [0.5, 0.6) is 17.2 Å². The first kappa shape index (κ1) is 20.1. The monoisotopic (exact) mass is 395 g/mol. The summed E-state index contributed by atoms with van der Waals surface area (Å²) in [5.41, 5.74) is 1.51. The number of carbonyl (C=O) groups is 2. The van der Waals surface area contributed by atoms with Crippen LogP contribution in [-0.2, 0) is 14.3 Å². The molecular weight excluding hydrogens is 374 g/mol. The van der Waals surface area contributed by atoms with E-state index in [1.165, 1.54) is 6.92 Å². The third-order valence-corrected chi connectivity index (χ3v) is 3.86. The minimum Gasteiger partial charge on any atom is -0.490 e. The highest BCUT2D eigenvalue weighted by Gasteiger charge is 2.25. The van der Waals surface area contributed by atoms with E-state index >= 15 is 0 Å². The molecule has 1 aliphatic heterocycles. The van der Waals surface area contributed by atoms with E-state index in [9.17, 15) is 9.59 Å². The molecule has 150 valence electrons. The Kier molecular flexibility index (Phi) is 6.29. The molecule has 1 aliphatic rings. The van der Waals surface area contributed by atoms with Crippen LogP contribution in [0.2, 0.25) is 0 Å². The number of nitrogens with zero attached hydrogens (tertiary/aromatic N) is 1. The van der Waals surface area contributed by atoms with Crippen LogP contribution in [0.25, 0.3) is 6.08 Å². The standard InChI is InChI=1S/C22H21NO6/c1-4-26-19-11-8-16(13-20(19)27-5-2)21-23-18(22(25)29-21)12-15-6-9-17(10-7-15)28-14(3)24/h6-13H,4-5H2,1-3H3/b18-12-. The Bertz CT molecular complexity index is 975. The molecule has 2 aromatic carbocycles. The Labute approximate surface area is 168 Å². The maximum Gasteiger partial charge on any atom is 0.363 e. The summed E-state index contributed by atoms with van der Waals surface area (Å²) in [5, 5.41) is 0. The molecule has 0 aliphatic carbocycles. The first-order valence-electron chi connectivity index (χ1n) is 9.21. The molecule has 0 aromatic heterocycles. The summed E-state index contributed by atoms with van der Waals surface area (Å²) in [6.07, 6.45) is 1.60. The number of cyclic esters (lactones) is 1. The molecule has 29 heavy (non-hydrogen) atoms. The Morgan fingerprint density at radius 3 is 2.38 bits per heavy atom. The minimum atomic E-state index is -0.545. The van der Waals surface area contributed by atoms with Gasteiger partial charge in [-0.05, 0) is 55.8 Å². The second-order valence-electron chi connectivity index (χ2n) is 6.03. The lowest BCUT2D eigenvalue weighted by atomic mass is 10.2. The predicted molar refractivity (Wildman–Crippen MR) is 107 cm³/mol. The second-order valence-corrected chi connectivity index (χ2v) is 6.03. The molecule has 2 aromatic rings. The van der Waals surface area contributed by atoms with Crippen molar-refractivity contribution in [3.63, 3.8) is 0 Å². The first-order chi connectivity index (χ1) is 14.0. The fourth-order valence-electron chi connectivity index (χ4n) is 2.67. The number of aliphatic imine (C=N–C) groups is 1. The van der Waals surface area contributed by atoms with Crippen LogP contribution in [0.15, 0.2) is 53.2 Å². The van der Waals surface area contributed by atoms with Crippen LogP contribution in [0, 0.1) is 0 Å². The Balaban J connectivity index is 1.84. The van der Waals surface area contributed by atoms with Gasteiger partial charge in [-0.15, -0.1) is 0 Å². The van der Waals surface area contributed by atoms with E-state index in [1.807, 2.05) is 13.8 Å². The van der Waals surface area contributed by atoms with E-state index < -0.39 is 11.9 Å². The third kappa shape index (κ3) is 5.01. The third-order valence-electron chi connectivity index (χ3n) is 3.86. The van der Waals surface area contributed by atoms with Gasteiger partial charge in [0.15, 0.2) is 17.2 Å². The summed E-state index contributed by atoms with van der Waals surface area (Å²) in [7, 11) is 0. The Morgan fingerprint density at radius 1 is 1.03 bits per heavy atom. The SMILES string of the molecule is CCOc1ccc(C2=N/C(=C\c3ccc(OC(C)=O)cc3)C(=O)O2)cc1OCC. The van der Waals surface area contributed by atoms with E-state index in [0.29, 0.717) is 36.0 Å². The van der Waals surface area contributed by atoms with Gasteiger partial charge in [-0.1, -0.05) is 12.1 Å². The van der Waals surface area contributed by atoms with E-state index in [0.717, 1.165) is 5.56 Å². The predicted octanol–water partition coefficient (Wildman–Crippen LogP) is 3.75. The van der Waals surface area contributed by atoms with E-state index in [2.05, 4.69) is 4.99 Å². The highest BCUT2D eigenvalue weighted by atomic mass is 16.6. The lowest BCUT2D eigenvalue weighted by Gasteiger charge is -2.11. The summed E-state index contributed by atoms with van der Waals surface area (Å²) >= 11 is 0. The van der Waals surface area contributed by atoms with Crippen molar-refractivity contribution in [2.45, 2.75) is 20.8 Å². The molecule has 0 atom stereocenters. The molecule has 7 nitrogen and oxygen atoms in total. The molecule has 0 spiro atoms. The zero-order chi connectivity index (χ0) is 20.8. The number of carbonyl (C=O) groups excluding carboxylic acids is 2. The lowest BCUT2D eigenvalue weighted by Crippen LogP contribution is -2.06.